The molecule has 0 amide bonds. The highest BCUT2D eigenvalue weighted by atomic mass is 16.5. The Morgan fingerprint density at radius 3 is 2.62 bits per heavy atom. The fraction of sp³-hybridized carbons (Fsp3) is 0.444. The Morgan fingerprint density at radius 1 is 1.19 bits per heavy atom. The number of ether oxygens (including phenoxy) is 1. The molecule has 0 bridgehead atoms. The molecule has 2 aromatic rings. The molecule has 0 spiro atoms. The van der Waals surface area contributed by atoms with Crippen molar-refractivity contribution in [2.24, 2.45) is 0 Å². The highest BCUT2D eigenvalue weighted by Gasteiger charge is 2.11. The number of methoxy groups -OCH3 is 1. The van der Waals surface area contributed by atoms with E-state index in [1.807, 2.05) is 24.3 Å². The summed E-state index contributed by atoms with van der Waals surface area (Å²) in [6, 6.07) is 12.8. The van der Waals surface area contributed by atoms with Crippen LogP contribution in [0.4, 0.5) is 0 Å². The van der Waals surface area contributed by atoms with E-state index in [1.165, 1.54) is 5.56 Å². The summed E-state index contributed by atoms with van der Waals surface area (Å²) in [6.45, 7) is 3.24. The normalized spacial score (nSPS) is 12.3. The summed E-state index contributed by atoms with van der Waals surface area (Å²) in [5, 5.41) is 3.62. The number of benzene rings is 1. The van der Waals surface area contributed by atoms with Crippen molar-refractivity contribution >= 4 is 0 Å². The molecule has 0 aliphatic rings. The number of furan rings is 1. The topological polar surface area (TPSA) is 34.4 Å². The average Bonchev–Trinajstić information content (AvgIpc) is 3.03. The molecule has 21 heavy (non-hydrogen) atoms. The summed E-state index contributed by atoms with van der Waals surface area (Å²) in [5.41, 5.74) is 1.35. The van der Waals surface area contributed by atoms with E-state index in [4.69, 9.17) is 9.15 Å². The maximum Gasteiger partial charge on any atom is 0.118 e. The second-order valence-corrected chi connectivity index (χ2v) is 5.32. The van der Waals surface area contributed by atoms with E-state index < -0.39 is 0 Å². The maximum atomic E-state index is 5.47. The lowest BCUT2D eigenvalue weighted by molar-refractivity contribution is 0.414. The Labute approximate surface area is 127 Å². The highest BCUT2D eigenvalue weighted by Crippen LogP contribution is 2.15. The van der Waals surface area contributed by atoms with E-state index in [0.29, 0.717) is 6.04 Å². The third kappa shape index (κ3) is 5.27. The molecule has 0 saturated carbocycles. The first kappa shape index (κ1) is 15.6. The first-order valence-electron chi connectivity index (χ1n) is 7.70. The smallest absolute Gasteiger partial charge is 0.118 e. The monoisotopic (exact) mass is 287 g/mol. The van der Waals surface area contributed by atoms with Crippen molar-refractivity contribution in [3.8, 4) is 5.75 Å². The number of hydrogen-bond donors (Lipinski definition) is 1. The van der Waals surface area contributed by atoms with Crippen molar-refractivity contribution in [2.75, 3.05) is 13.7 Å². The van der Waals surface area contributed by atoms with Gasteiger partial charge in [0.1, 0.15) is 11.5 Å². The van der Waals surface area contributed by atoms with Crippen LogP contribution in [0.1, 0.15) is 31.1 Å². The van der Waals surface area contributed by atoms with E-state index >= 15 is 0 Å². The number of aryl methyl sites for hydroxylation is 1. The molecular formula is C18H25NO2. The van der Waals surface area contributed by atoms with Gasteiger partial charge in [-0.05, 0) is 55.6 Å². The van der Waals surface area contributed by atoms with E-state index in [9.17, 15) is 0 Å². The van der Waals surface area contributed by atoms with E-state index in [-0.39, 0.29) is 0 Å². The molecule has 2 rings (SSSR count). The molecule has 1 aromatic heterocycles. The second kappa shape index (κ2) is 8.53. The second-order valence-electron chi connectivity index (χ2n) is 5.32. The number of rotatable bonds is 9. The van der Waals surface area contributed by atoms with E-state index in [1.54, 1.807) is 13.4 Å². The molecule has 3 nitrogen and oxygen atoms in total. The fourth-order valence-electron chi connectivity index (χ4n) is 2.43. The van der Waals surface area contributed by atoms with Crippen LogP contribution in [-0.4, -0.2) is 19.7 Å². The predicted molar refractivity (Wildman–Crippen MR) is 85.8 cm³/mol. The van der Waals surface area contributed by atoms with Crippen LogP contribution < -0.4 is 10.1 Å². The minimum absolute atomic E-state index is 0.457. The fourth-order valence-corrected chi connectivity index (χ4v) is 2.43. The van der Waals surface area contributed by atoms with E-state index in [0.717, 1.165) is 43.7 Å². The molecule has 1 unspecified atom stereocenters. The number of hydrogen-bond acceptors (Lipinski definition) is 3. The Balaban J connectivity index is 1.87. The maximum absolute atomic E-state index is 5.47. The van der Waals surface area contributed by atoms with Gasteiger partial charge >= 0.3 is 0 Å². The predicted octanol–water partition coefficient (Wildman–Crippen LogP) is 3.83. The lowest BCUT2D eigenvalue weighted by Crippen LogP contribution is -2.32. The zero-order chi connectivity index (χ0) is 14.9. The molecule has 0 radical (unpaired) electrons. The van der Waals surface area contributed by atoms with Gasteiger partial charge in [0.15, 0.2) is 0 Å². The average molecular weight is 287 g/mol. The van der Waals surface area contributed by atoms with Gasteiger partial charge in [0.05, 0.1) is 13.4 Å². The lowest BCUT2D eigenvalue weighted by Gasteiger charge is -2.17. The van der Waals surface area contributed by atoms with Crippen molar-refractivity contribution in [1.82, 2.24) is 5.32 Å². The Bertz CT molecular complexity index is 490. The minimum atomic E-state index is 0.457. The van der Waals surface area contributed by atoms with Crippen molar-refractivity contribution in [1.29, 1.82) is 0 Å². The van der Waals surface area contributed by atoms with Gasteiger partial charge in [-0.2, -0.15) is 0 Å². The van der Waals surface area contributed by atoms with Crippen molar-refractivity contribution in [2.45, 2.75) is 38.6 Å². The van der Waals surface area contributed by atoms with Crippen LogP contribution in [0.5, 0.6) is 5.75 Å². The molecule has 0 fully saturated rings. The van der Waals surface area contributed by atoms with Crippen molar-refractivity contribution in [3.05, 3.63) is 54.0 Å². The van der Waals surface area contributed by atoms with Crippen molar-refractivity contribution < 1.29 is 9.15 Å². The summed E-state index contributed by atoms with van der Waals surface area (Å²) in [5.74, 6) is 1.97. The van der Waals surface area contributed by atoms with Crippen LogP contribution >= 0.6 is 0 Å². The zero-order valence-corrected chi connectivity index (χ0v) is 13.0. The lowest BCUT2D eigenvalue weighted by atomic mass is 10.0. The SMILES string of the molecule is CCCNC(CCc1ccc(OC)cc1)Cc1ccco1. The van der Waals surface area contributed by atoms with Gasteiger partial charge in [-0.15, -0.1) is 0 Å². The molecule has 1 N–H and O–H groups in total. The van der Waals surface area contributed by atoms with Crippen LogP contribution in [0.3, 0.4) is 0 Å². The molecule has 1 atom stereocenters. The summed E-state index contributed by atoms with van der Waals surface area (Å²) < 4.78 is 10.7. The minimum Gasteiger partial charge on any atom is -0.497 e. The van der Waals surface area contributed by atoms with Crippen LogP contribution in [0, 0.1) is 0 Å². The van der Waals surface area contributed by atoms with Crippen molar-refractivity contribution in [3.63, 3.8) is 0 Å². The van der Waals surface area contributed by atoms with Gasteiger partial charge in [0, 0.05) is 12.5 Å². The standard InChI is InChI=1S/C18H25NO2/c1-3-12-19-16(14-18-5-4-13-21-18)9-6-15-7-10-17(20-2)11-8-15/h4-5,7-8,10-11,13,16,19H,3,6,9,12,14H2,1-2H3. The Kier molecular flexibility index (Phi) is 6.35. The van der Waals surface area contributed by atoms with Crippen LogP contribution in [0.25, 0.3) is 0 Å². The molecule has 0 aliphatic heterocycles. The quantitative estimate of drug-likeness (QED) is 0.761. The molecule has 1 aromatic carbocycles. The van der Waals surface area contributed by atoms with E-state index in [2.05, 4.69) is 24.4 Å². The van der Waals surface area contributed by atoms with Gasteiger partial charge in [-0.3, -0.25) is 0 Å². The molecule has 114 valence electrons. The summed E-state index contributed by atoms with van der Waals surface area (Å²) >= 11 is 0. The summed E-state index contributed by atoms with van der Waals surface area (Å²) in [7, 11) is 1.70. The first-order chi connectivity index (χ1) is 10.3. The summed E-state index contributed by atoms with van der Waals surface area (Å²) in [4.78, 5) is 0. The van der Waals surface area contributed by atoms with Crippen LogP contribution in [0.2, 0.25) is 0 Å². The third-order valence-electron chi connectivity index (χ3n) is 3.65. The van der Waals surface area contributed by atoms with Gasteiger partial charge in [-0.1, -0.05) is 19.1 Å². The van der Waals surface area contributed by atoms with Crippen LogP contribution in [-0.2, 0) is 12.8 Å². The molecule has 1 heterocycles. The molecular weight excluding hydrogens is 262 g/mol. The van der Waals surface area contributed by atoms with Gasteiger partial charge in [0.25, 0.3) is 0 Å². The summed E-state index contributed by atoms with van der Waals surface area (Å²) in [6.07, 6.45) is 6.01. The first-order valence-corrected chi connectivity index (χ1v) is 7.70. The Hall–Kier alpha value is -1.74. The Morgan fingerprint density at radius 2 is 2.00 bits per heavy atom. The van der Waals surface area contributed by atoms with Gasteiger partial charge < -0.3 is 14.5 Å². The molecule has 0 aliphatic carbocycles. The zero-order valence-electron chi connectivity index (χ0n) is 13.0. The number of nitrogens with one attached hydrogen (secondary N) is 1. The van der Waals surface area contributed by atoms with Gasteiger partial charge in [-0.25, -0.2) is 0 Å². The molecule has 3 heteroatoms. The van der Waals surface area contributed by atoms with Crippen LogP contribution in [0.15, 0.2) is 47.1 Å². The highest BCUT2D eigenvalue weighted by molar-refractivity contribution is 5.27. The largest absolute Gasteiger partial charge is 0.497 e. The third-order valence-corrected chi connectivity index (χ3v) is 3.65. The molecule has 0 saturated heterocycles. The van der Waals surface area contributed by atoms with Gasteiger partial charge in [0.2, 0.25) is 0 Å².